The third-order valence-electron chi connectivity index (χ3n) is 4.68. The molecule has 0 amide bonds. The second kappa shape index (κ2) is 6.28. The highest BCUT2D eigenvalue weighted by molar-refractivity contribution is 5.33. The zero-order valence-corrected chi connectivity index (χ0v) is 12.7. The summed E-state index contributed by atoms with van der Waals surface area (Å²) < 4.78 is 5.85. The van der Waals surface area contributed by atoms with E-state index in [2.05, 4.69) is 37.4 Å². The first-order chi connectivity index (χ1) is 9.61. The van der Waals surface area contributed by atoms with Gasteiger partial charge in [-0.1, -0.05) is 12.5 Å². The van der Waals surface area contributed by atoms with Crippen LogP contribution < -0.4 is 10.1 Å². The zero-order valence-electron chi connectivity index (χ0n) is 12.7. The van der Waals surface area contributed by atoms with Gasteiger partial charge in [-0.15, -0.1) is 0 Å². The quantitative estimate of drug-likeness (QED) is 0.894. The normalized spacial score (nSPS) is 25.4. The average Bonchev–Trinajstić information content (AvgIpc) is 2.86. The maximum atomic E-state index is 9.42. The molecule has 3 nitrogen and oxygen atoms in total. The van der Waals surface area contributed by atoms with E-state index in [0.29, 0.717) is 12.5 Å². The van der Waals surface area contributed by atoms with E-state index in [1.54, 1.807) is 0 Å². The van der Waals surface area contributed by atoms with Gasteiger partial charge >= 0.3 is 0 Å². The molecule has 0 bridgehead atoms. The Hall–Kier alpha value is -1.53. The first-order valence-electron chi connectivity index (χ1n) is 7.41. The summed E-state index contributed by atoms with van der Waals surface area (Å²) >= 11 is 0. The molecule has 20 heavy (non-hydrogen) atoms. The molecule has 2 atom stereocenters. The third-order valence-corrected chi connectivity index (χ3v) is 4.68. The third kappa shape index (κ3) is 2.96. The number of rotatable bonds is 5. The summed E-state index contributed by atoms with van der Waals surface area (Å²) in [6, 6.07) is 8.67. The number of nitrogens with zero attached hydrogens (tertiary/aromatic N) is 1. The molecule has 1 aliphatic rings. The number of aryl methyl sites for hydroxylation is 2. The topological polar surface area (TPSA) is 45.0 Å². The molecule has 1 aromatic carbocycles. The van der Waals surface area contributed by atoms with Crippen molar-refractivity contribution in [3.05, 3.63) is 29.3 Å². The molecule has 1 saturated carbocycles. The molecule has 0 aliphatic heterocycles. The highest BCUT2D eigenvalue weighted by Gasteiger charge is 2.41. The minimum atomic E-state index is -0.341. The summed E-state index contributed by atoms with van der Waals surface area (Å²) in [6.07, 6.45) is 4.13. The van der Waals surface area contributed by atoms with Gasteiger partial charge in [0.25, 0.3) is 0 Å². The monoisotopic (exact) mass is 272 g/mol. The van der Waals surface area contributed by atoms with Crippen LogP contribution in [0, 0.1) is 31.1 Å². The van der Waals surface area contributed by atoms with E-state index < -0.39 is 0 Å². The van der Waals surface area contributed by atoms with E-state index in [4.69, 9.17) is 4.74 Å². The minimum absolute atomic E-state index is 0.341. The van der Waals surface area contributed by atoms with Crippen LogP contribution in [-0.4, -0.2) is 19.2 Å². The van der Waals surface area contributed by atoms with Gasteiger partial charge in [0.2, 0.25) is 0 Å². The molecule has 0 heterocycles. The van der Waals surface area contributed by atoms with Crippen LogP contribution >= 0.6 is 0 Å². The molecule has 108 valence electrons. The van der Waals surface area contributed by atoms with E-state index in [1.165, 1.54) is 11.1 Å². The molecule has 1 N–H and O–H groups in total. The van der Waals surface area contributed by atoms with Gasteiger partial charge in [-0.25, -0.2) is 0 Å². The number of nitriles is 1. The van der Waals surface area contributed by atoms with E-state index in [0.717, 1.165) is 31.4 Å². The molecule has 3 heteroatoms. The van der Waals surface area contributed by atoms with Crippen molar-refractivity contribution in [2.24, 2.45) is 5.92 Å². The molecule has 0 aromatic heterocycles. The van der Waals surface area contributed by atoms with Gasteiger partial charge in [0.15, 0.2) is 0 Å². The van der Waals surface area contributed by atoms with Crippen molar-refractivity contribution < 1.29 is 4.74 Å². The summed E-state index contributed by atoms with van der Waals surface area (Å²) in [6.45, 7) is 4.88. The fourth-order valence-electron chi connectivity index (χ4n) is 3.12. The standard InChI is InChI=1S/C17H24N2O/c1-13-6-7-16(11-14(13)2)20-10-8-15-5-4-9-17(15,12-18)19-3/h6-7,11,15,19H,4-5,8-10H2,1-3H3. The number of benzene rings is 1. The van der Waals surface area contributed by atoms with Crippen LogP contribution in [0.5, 0.6) is 5.75 Å². The average molecular weight is 272 g/mol. The van der Waals surface area contributed by atoms with Crippen LogP contribution in [-0.2, 0) is 0 Å². The second-order valence-corrected chi connectivity index (χ2v) is 5.81. The predicted octanol–water partition coefficient (Wildman–Crippen LogP) is 3.35. The van der Waals surface area contributed by atoms with Gasteiger partial charge in [-0.05, 0) is 69.3 Å². The molecular weight excluding hydrogens is 248 g/mol. The summed E-state index contributed by atoms with van der Waals surface area (Å²) in [5, 5.41) is 12.6. The van der Waals surface area contributed by atoms with Crippen LogP contribution in [0.2, 0.25) is 0 Å². The minimum Gasteiger partial charge on any atom is -0.494 e. The SMILES string of the molecule is CNC1(C#N)CCCC1CCOc1ccc(C)c(C)c1. The fourth-order valence-corrected chi connectivity index (χ4v) is 3.12. The van der Waals surface area contributed by atoms with Gasteiger partial charge in [0, 0.05) is 0 Å². The number of hydrogen-bond donors (Lipinski definition) is 1. The lowest BCUT2D eigenvalue weighted by atomic mass is 9.86. The summed E-state index contributed by atoms with van der Waals surface area (Å²) in [5.41, 5.74) is 2.20. The molecule has 0 spiro atoms. The van der Waals surface area contributed by atoms with Crippen molar-refractivity contribution in [3.63, 3.8) is 0 Å². The van der Waals surface area contributed by atoms with Crippen LogP contribution in [0.15, 0.2) is 18.2 Å². The fraction of sp³-hybridized carbons (Fsp3) is 0.588. The number of ether oxygens (including phenoxy) is 1. The van der Waals surface area contributed by atoms with Crippen molar-refractivity contribution >= 4 is 0 Å². The van der Waals surface area contributed by atoms with Crippen LogP contribution in [0.1, 0.15) is 36.8 Å². The lowest BCUT2D eigenvalue weighted by Crippen LogP contribution is -2.45. The molecule has 0 radical (unpaired) electrons. The van der Waals surface area contributed by atoms with E-state index >= 15 is 0 Å². The van der Waals surface area contributed by atoms with Crippen molar-refractivity contribution in [1.29, 1.82) is 5.26 Å². The highest BCUT2D eigenvalue weighted by atomic mass is 16.5. The van der Waals surface area contributed by atoms with Crippen LogP contribution in [0.4, 0.5) is 0 Å². The Morgan fingerprint density at radius 1 is 1.40 bits per heavy atom. The molecule has 0 saturated heterocycles. The van der Waals surface area contributed by atoms with E-state index in [-0.39, 0.29) is 5.54 Å². The number of hydrogen-bond acceptors (Lipinski definition) is 3. The Labute approximate surface area is 121 Å². The molecule has 1 fully saturated rings. The Morgan fingerprint density at radius 2 is 2.20 bits per heavy atom. The second-order valence-electron chi connectivity index (χ2n) is 5.81. The Morgan fingerprint density at radius 3 is 2.85 bits per heavy atom. The lowest BCUT2D eigenvalue weighted by molar-refractivity contribution is 0.239. The molecule has 1 aromatic rings. The van der Waals surface area contributed by atoms with Crippen molar-refractivity contribution in [3.8, 4) is 11.8 Å². The summed E-state index contributed by atoms with van der Waals surface area (Å²) in [4.78, 5) is 0. The van der Waals surface area contributed by atoms with Crippen molar-refractivity contribution in [2.45, 2.75) is 45.1 Å². The van der Waals surface area contributed by atoms with Gasteiger partial charge in [0.1, 0.15) is 11.3 Å². The first-order valence-corrected chi connectivity index (χ1v) is 7.41. The first kappa shape index (κ1) is 14.9. The molecule has 2 unspecified atom stereocenters. The Bertz CT molecular complexity index is 506. The van der Waals surface area contributed by atoms with Gasteiger partial charge in [0.05, 0.1) is 12.7 Å². The maximum Gasteiger partial charge on any atom is 0.119 e. The van der Waals surface area contributed by atoms with Gasteiger partial charge in [-0.3, -0.25) is 0 Å². The van der Waals surface area contributed by atoms with Gasteiger partial charge < -0.3 is 10.1 Å². The maximum absolute atomic E-state index is 9.42. The van der Waals surface area contributed by atoms with Crippen molar-refractivity contribution in [1.82, 2.24) is 5.32 Å². The van der Waals surface area contributed by atoms with E-state index in [1.807, 2.05) is 13.1 Å². The van der Waals surface area contributed by atoms with Crippen LogP contribution in [0.25, 0.3) is 0 Å². The number of nitrogens with one attached hydrogen (secondary N) is 1. The molecule has 2 rings (SSSR count). The zero-order chi connectivity index (χ0) is 14.6. The highest BCUT2D eigenvalue weighted by Crippen LogP contribution is 2.37. The lowest BCUT2D eigenvalue weighted by Gasteiger charge is -2.28. The summed E-state index contributed by atoms with van der Waals surface area (Å²) in [5.74, 6) is 1.32. The summed E-state index contributed by atoms with van der Waals surface area (Å²) in [7, 11) is 1.89. The largest absolute Gasteiger partial charge is 0.494 e. The smallest absolute Gasteiger partial charge is 0.119 e. The van der Waals surface area contributed by atoms with Crippen LogP contribution in [0.3, 0.4) is 0 Å². The van der Waals surface area contributed by atoms with Crippen molar-refractivity contribution in [2.75, 3.05) is 13.7 Å². The van der Waals surface area contributed by atoms with E-state index in [9.17, 15) is 5.26 Å². The Balaban J connectivity index is 1.89. The molecular formula is C17H24N2O. The van der Waals surface area contributed by atoms with Gasteiger partial charge in [-0.2, -0.15) is 5.26 Å². The predicted molar refractivity (Wildman–Crippen MR) is 80.8 cm³/mol. The Kier molecular flexibility index (Phi) is 4.67. The molecule has 1 aliphatic carbocycles.